The van der Waals surface area contributed by atoms with E-state index < -0.39 is 0 Å². The molecule has 0 atom stereocenters. The number of anilines is 1. The van der Waals surface area contributed by atoms with Gasteiger partial charge in [-0.05, 0) is 34.5 Å². The Morgan fingerprint density at radius 3 is 2.57 bits per heavy atom. The lowest BCUT2D eigenvalue weighted by Gasteiger charge is -2.34. The molecule has 1 aliphatic heterocycles. The van der Waals surface area contributed by atoms with Gasteiger partial charge in [-0.2, -0.15) is 11.3 Å². The summed E-state index contributed by atoms with van der Waals surface area (Å²) in [7, 11) is 0. The fourth-order valence-electron chi connectivity index (χ4n) is 2.61. The van der Waals surface area contributed by atoms with Gasteiger partial charge in [0.25, 0.3) is 5.91 Å². The first-order valence-electron chi connectivity index (χ1n) is 7.11. The molecule has 0 saturated carbocycles. The Balaban J connectivity index is 1.58. The third-order valence-corrected chi connectivity index (χ3v) is 4.57. The van der Waals surface area contributed by atoms with Crippen LogP contribution >= 0.6 is 11.3 Å². The molecule has 0 radical (unpaired) electrons. The maximum absolute atomic E-state index is 12.5. The molecule has 110 valence electrons. The van der Waals surface area contributed by atoms with E-state index in [0.717, 1.165) is 32.7 Å². The van der Waals surface area contributed by atoms with Crippen LogP contribution in [0.25, 0.3) is 0 Å². The molecule has 4 nitrogen and oxygen atoms in total. The van der Waals surface area contributed by atoms with Crippen LogP contribution in [0.3, 0.4) is 0 Å². The highest BCUT2D eigenvalue weighted by Crippen LogP contribution is 2.16. The van der Waals surface area contributed by atoms with Gasteiger partial charge in [0.05, 0.1) is 5.56 Å². The molecule has 0 bridgehead atoms. The maximum atomic E-state index is 12.5. The number of hydrogen-bond acceptors (Lipinski definition) is 4. The van der Waals surface area contributed by atoms with Crippen LogP contribution in [0.4, 0.5) is 5.69 Å². The fourth-order valence-corrected chi connectivity index (χ4v) is 3.27. The quantitative estimate of drug-likeness (QED) is 0.885. The number of benzene rings is 1. The van der Waals surface area contributed by atoms with Gasteiger partial charge in [-0.3, -0.25) is 9.69 Å². The van der Waals surface area contributed by atoms with Crippen molar-refractivity contribution >= 4 is 22.9 Å². The molecule has 5 heteroatoms. The van der Waals surface area contributed by atoms with E-state index in [1.54, 1.807) is 23.5 Å². The van der Waals surface area contributed by atoms with Crippen molar-refractivity contribution in [3.05, 3.63) is 52.2 Å². The summed E-state index contributed by atoms with van der Waals surface area (Å²) in [5, 5.41) is 4.29. The predicted octanol–water partition coefficient (Wildman–Crippen LogP) is 2.29. The van der Waals surface area contributed by atoms with Crippen molar-refractivity contribution in [3.63, 3.8) is 0 Å². The van der Waals surface area contributed by atoms with Crippen molar-refractivity contribution in [3.8, 4) is 0 Å². The number of thiophene rings is 1. The number of nitrogens with two attached hydrogens (primary N) is 1. The molecule has 1 amide bonds. The van der Waals surface area contributed by atoms with Gasteiger partial charge in [0.1, 0.15) is 0 Å². The average Bonchev–Trinajstić information content (AvgIpc) is 3.01. The summed E-state index contributed by atoms with van der Waals surface area (Å²) < 4.78 is 0. The van der Waals surface area contributed by atoms with E-state index in [9.17, 15) is 4.79 Å². The Kier molecular flexibility index (Phi) is 4.22. The van der Waals surface area contributed by atoms with Crippen LogP contribution in [-0.4, -0.2) is 41.9 Å². The summed E-state index contributed by atoms with van der Waals surface area (Å²) in [6.07, 6.45) is 0. The third-order valence-electron chi connectivity index (χ3n) is 3.84. The molecule has 2 aromatic rings. The number of amides is 1. The molecule has 0 unspecified atom stereocenters. The highest BCUT2D eigenvalue weighted by atomic mass is 32.1. The van der Waals surface area contributed by atoms with Gasteiger partial charge >= 0.3 is 0 Å². The van der Waals surface area contributed by atoms with Crippen molar-refractivity contribution < 1.29 is 4.79 Å². The molecule has 0 aliphatic carbocycles. The van der Waals surface area contributed by atoms with E-state index in [-0.39, 0.29) is 5.91 Å². The van der Waals surface area contributed by atoms with E-state index in [0.29, 0.717) is 11.3 Å². The van der Waals surface area contributed by atoms with Gasteiger partial charge in [0.15, 0.2) is 0 Å². The van der Waals surface area contributed by atoms with Crippen molar-refractivity contribution in [1.82, 2.24) is 9.80 Å². The van der Waals surface area contributed by atoms with Gasteiger partial charge < -0.3 is 10.6 Å². The normalized spacial score (nSPS) is 16.1. The number of nitrogens with zero attached hydrogens (tertiary/aromatic N) is 2. The second-order valence-electron chi connectivity index (χ2n) is 5.29. The number of nitrogen functional groups attached to an aromatic ring is 1. The van der Waals surface area contributed by atoms with Crippen LogP contribution in [0.15, 0.2) is 41.1 Å². The lowest BCUT2D eigenvalue weighted by atomic mass is 10.1. The van der Waals surface area contributed by atoms with Gasteiger partial charge in [-0.15, -0.1) is 0 Å². The summed E-state index contributed by atoms with van der Waals surface area (Å²) >= 11 is 1.73. The Morgan fingerprint density at radius 1 is 1.14 bits per heavy atom. The first-order valence-corrected chi connectivity index (χ1v) is 8.05. The summed E-state index contributed by atoms with van der Waals surface area (Å²) in [6, 6.07) is 9.45. The van der Waals surface area contributed by atoms with Crippen molar-refractivity contribution in [2.75, 3.05) is 31.9 Å². The molecule has 3 rings (SSSR count). The maximum Gasteiger partial charge on any atom is 0.256 e. The Labute approximate surface area is 128 Å². The lowest BCUT2D eigenvalue weighted by molar-refractivity contribution is 0.0629. The standard InChI is InChI=1S/C16H19N3OS/c17-15-4-2-1-3-14(15)16(20)19-8-6-18(7-9-19)11-13-5-10-21-12-13/h1-5,10,12H,6-9,11,17H2. The second kappa shape index (κ2) is 6.28. The smallest absolute Gasteiger partial charge is 0.256 e. The molecule has 2 N–H and O–H groups in total. The number of piperazine rings is 1. The van der Waals surface area contributed by atoms with Crippen molar-refractivity contribution in [2.24, 2.45) is 0 Å². The first kappa shape index (κ1) is 14.1. The summed E-state index contributed by atoms with van der Waals surface area (Å²) in [6.45, 7) is 4.32. The third kappa shape index (κ3) is 3.25. The molecule has 1 aliphatic rings. The van der Waals surface area contributed by atoms with Crippen molar-refractivity contribution in [2.45, 2.75) is 6.54 Å². The molecule has 1 aromatic heterocycles. The molecule has 1 saturated heterocycles. The SMILES string of the molecule is Nc1ccccc1C(=O)N1CCN(Cc2ccsc2)CC1. The molecule has 0 spiro atoms. The van der Waals surface area contributed by atoms with Gasteiger partial charge in [0.2, 0.25) is 0 Å². The summed E-state index contributed by atoms with van der Waals surface area (Å²) in [4.78, 5) is 16.8. The number of hydrogen-bond donors (Lipinski definition) is 1. The molecule has 1 fully saturated rings. The molecular weight excluding hydrogens is 282 g/mol. The van der Waals surface area contributed by atoms with Crippen molar-refractivity contribution in [1.29, 1.82) is 0 Å². The van der Waals surface area contributed by atoms with E-state index in [2.05, 4.69) is 21.7 Å². The number of carbonyl (C=O) groups excluding carboxylic acids is 1. The first-order chi connectivity index (χ1) is 10.2. The van der Waals surface area contributed by atoms with Crippen LogP contribution in [0.5, 0.6) is 0 Å². The minimum atomic E-state index is 0.0447. The van der Waals surface area contributed by atoms with Gasteiger partial charge in [-0.1, -0.05) is 12.1 Å². The van der Waals surface area contributed by atoms with Crippen LogP contribution in [0.1, 0.15) is 15.9 Å². The second-order valence-corrected chi connectivity index (χ2v) is 6.07. The Hall–Kier alpha value is -1.85. The van der Waals surface area contributed by atoms with Crippen LogP contribution < -0.4 is 5.73 Å². The summed E-state index contributed by atoms with van der Waals surface area (Å²) in [5.41, 5.74) is 8.42. The predicted molar refractivity (Wildman–Crippen MR) is 86.4 cm³/mol. The fraction of sp³-hybridized carbons (Fsp3) is 0.312. The molecule has 2 heterocycles. The van der Waals surface area contributed by atoms with E-state index in [1.165, 1.54) is 5.56 Å². The van der Waals surface area contributed by atoms with E-state index >= 15 is 0 Å². The Morgan fingerprint density at radius 2 is 1.90 bits per heavy atom. The number of rotatable bonds is 3. The highest BCUT2D eigenvalue weighted by Gasteiger charge is 2.23. The Bertz CT molecular complexity index is 604. The number of para-hydroxylation sites is 1. The average molecular weight is 301 g/mol. The van der Waals surface area contributed by atoms with Crippen LogP contribution in [0, 0.1) is 0 Å². The topological polar surface area (TPSA) is 49.6 Å². The minimum Gasteiger partial charge on any atom is -0.398 e. The highest BCUT2D eigenvalue weighted by molar-refractivity contribution is 7.07. The van der Waals surface area contributed by atoms with E-state index in [4.69, 9.17) is 5.73 Å². The minimum absolute atomic E-state index is 0.0447. The molecule has 1 aromatic carbocycles. The molecule has 21 heavy (non-hydrogen) atoms. The van der Waals surface area contributed by atoms with E-state index in [1.807, 2.05) is 17.0 Å². The summed E-state index contributed by atoms with van der Waals surface area (Å²) in [5.74, 6) is 0.0447. The lowest BCUT2D eigenvalue weighted by Crippen LogP contribution is -2.48. The molecular formula is C16H19N3OS. The van der Waals surface area contributed by atoms with Crippen LogP contribution in [-0.2, 0) is 6.54 Å². The zero-order chi connectivity index (χ0) is 14.7. The zero-order valence-corrected chi connectivity index (χ0v) is 12.7. The monoisotopic (exact) mass is 301 g/mol. The van der Waals surface area contributed by atoms with Gasteiger partial charge in [0, 0.05) is 38.4 Å². The van der Waals surface area contributed by atoms with Gasteiger partial charge in [-0.25, -0.2) is 0 Å². The largest absolute Gasteiger partial charge is 0.398 e. The van der Waals surface area contributed by atoms with Crippen LogP contribution in [0.2, 0.25) is 0 Å². The number of carbonyl (C=O) groups is 1. The zero-order valence-electron chi connectivity index (χ0n) is 11.9.